The van der Waals surface area contributed by atoms with Crippen molar-refractivity contribution in [2.75, 3.05) is 12.3 Å². The summed E-state index contributed by atoms with van der Waals surface area (Å²) in [6.45, 7) is -0.141. The number of nitrogens with zero attached hydrogens (tertiary/aromatic N) is 3. The second-order valence-corrected chi connectivity index (χ2v) is 6.91. The number of hydrogen-bond acceptors (Lipinski definition) is 9. The van der Waals surface area contributed by atoms with Gasteiger partial charge in [-0.15, -0.1) is 0 Å². The van der Waals surface area contributed by atoms with Crippen LogP contribution in [0.4, 0.5) is 5.82 Å². The Balaban J connectivity index is 1.60. The number of ether oxygens (including phenoxy) is 1. The zero-order valence-electron chi connectivity index (χ0n) is 15.9. The normalized spacial score (nSPS) is 24.2. The van der Waals surface area contributed by atoms with Gasteiger partial charge in [0, 0.05) is 12.7 Å². The van der Waals surface area contributed by atoms with Gasteiger partial charge < -0.3 is 31.7 Å². The van der Waals surface area contributed by atoms with Gasteiger partial charge in [0.05, 0.1) is 17.7 Å². The molecule has 1 fully saturated rings. The number of amides is 1. The summed E-state index contributed by atoms with van der Waals surface area (Å²) in [6, 6.07) is 9.30. The molecule has 1 aliphatic heterocycles. The molecule has 0 saturated carbocycles. The smallest absolute Gasteiger partial charge is 0.351 e. The van der Waals surface area contributed by atoms with Crippen molar-refractivity contribution in [3.8, 4) is 6.07 Å². The number of aromatic nitrogens is 2. The maximum Gasteiger partial charge on any atom is 0.351 e. The molecule has 0 radical (unpaired) electrons. The molecule has 0 spiro atoms. The highest BCUT2D eigenvalue weighted by Gasteiger charge is 2.44. The summed E-state index contributed by atoms with van der Waals surface area (Å²) in [6.07, 6.45) is -3.46. The number of aliphatic hydroxyl groups excluding tert-OH is 2. The van der Waals surface area contributed by atoms with E-state index in [2.05, 4.69) is 10.3 Å². The first-order valence-corrected chi connectivity index (χ1v) is 9.19. The monoisotopic (exact) mass is 414 g/mol. The second-order valence-electron chi connectivity index (χ2n) is 6.91. The Morgan fingerprint density at radius 2 is 2.07 bits per heavy atom. The number of nitrogens with two attached hydrogens (primary N) is 2. The number of nitrogens with one attached hydrogen (secondary N) is 1. The van der Waals surface area contributed by atoms with Crippen LogP contribution in [0.5, 0.6) is 0 Å². The molecule has 0 aliphatic carbocycles. The standard InChI is InChI=1S/C19H22N6O5/c20-8-11-4-2-1-3-10(11)7-12(21)17(28)23-9-13-15(26)16(27)18(30-13)25-6-5-14(22)24-19(25)29/h1-6,12-13,15-16,18,26-27H,7,9,21H2,(H,23,28)(H2,22,24,29)/t12-,13+,15+,16+,18+/m0/s1. The summed E-state index contributed by atoms with van der Waals surface area (Å²) in [5.41, 5.74) is 11.7. The number of nitrogen functional groups attached to an aromatic ring is 1. The van der Waals surface area contributed by atoms with Gasteiger partial charge in [0.15, 0.2) is 6.23 Å². The summed E-state index contributed by atoms with van der Waals surface area (Å²) in [4.78, 5) is 27.9. The summed E-state index contributed by atoms with van der Waals surface area (Å²) in [5.74, 6) is -0.497. The molecule has 0 unspecified atom stereocenters. The van der Waals surface area contributed by atoms with Crippen molar-refractivity contribution in [3.05, 3.63) is 58.1 Å². The molecule has 1 aliphatic rings. The number of carbonyl (C=O) groups excluding carboxylic acids is 1. The van der Waals surface area contributed by atoms with Crippen LogP contribution in [-0.4, -0.2) is 56.6 Å². The molecule has 1 amide bonds. The largest absolute Gasteiger partial charge is 0.387 e. The summed E-state index contributed by atoms with van der Waals surface area (Å²) >= 11 is 0. The highest BCUT2D eigenvalue weighted by Crippen LogP contribution is 2.28. The van der Waals surface area contributed by atoms with Gasteiger partial charge in [-0.25, -0.2) is 4.79 Å². The fourth-order valence-corrected chi connectivity index (χ4v) is 3.22. The molecule has 0 bridgehead atoms. The number of hydrogen-bond donors (Lipinski definition) is 5. The van der Waals surface area contributed by atoms with Crippen molar-refractivity contribution in [2.24, 2.45) is 5.73 Å². The minimum Gasteiger partial charge on any atom is -0.387 e. The van der Waals surface area contributed by atoms with E-state index in [9.17, 15) is 19.8 Å². The number of nitriles is 1. The Morgan fingerprint density at radius 3 is 2.77 bits per heavy atom. The van der Waals surface area contributed by atoms with Crippen molar-refractivity contribution < 1.29 is 19.7 Å². The first-order chi connectivity index (χ1) is 14.3. The van der Waals surface area contributed by atoms with Crippen LogP contribution in [0.25, 0.3) is 0 Å². The lowest BCUT2D eigenvalue weighted by molar-refractivity contribution is -0.123. The van der Waals surface area contributed by atoms with Crippen LogP contribution in [-0.2, 0) is 16.0 Å². The lowest BCUT2D eigenvalue weighted by atomic mass is 10.0. The Labute approximate surface area is 171 Å². The number of rotatable bonds is 6. The zero-order valence-corrected chi connectivity index (χ0v) is 15.9. The average Bonchev–Trinajstić information content (AvgIpc) is 3.00. The molecule has 7 N–H and O–H groups in total. The van der Waals surface area contributed by atoms with Gasteiger partial charge >= 0.3 is 5.69 Å². The number of aliphatic hydroxyl groups is 2. The summed E-state index contributed by atoms with van der Waals surface area (Å²) in [5, 5.41) is 32.2. The summed E-state index contributed by atoms with van der Waals surface area (Å²) < 4.78 is 6.57. The van der Waals surface area contributed by atoms with E-state index in [1.807, 2.05) is 6.07 Å². The molecule has 1 aromatic heterocycles. The maximum absolute atomic E-state index is 12.3. The first kappa shape index (κ1) is 21.4. The van der Waals surface area contributed by atoms with Gasteiger partial charge in [0.25, 0.3) is 0 Å². The lowest BCUT2D eigenvalue weighted by Gasteiger charge is -2.18. The van der Waals surface area contributed by atoms with Gasteiger partial charge in [-0.2, -0.15) is 10.2 Å². The predicted octanol–water partition coefficient (Wildman–Crippen LogP) is -2.00. The molecule has 3 rings (SSSR count). The van der Waals surface area contributed by atoms with Gasteiger partial charge in [-0.05, 0) is 24.1 Å². The molecule has 1 saturated heterocycles. The first-order valence-electron chi connectivity index (χ1n) is 9.19. The SMILES string of the molecule is N#Cc1ccccc1C[C@H](N)C(=O)NC[C@H]1O[C@@H](n2ccc(N)nc2=O)[C@H](O)[C@@H]1O. The van der Waals surface area contributed by atoms with Gasteiger partial charge in [0.2, 0.25) is 5.91 Å². The number of carbonyl (C=O) groups is 1. The number of anilines is 1. The fraction of sp³-hybridized carbons (Fsp3) is 0.368. The third-order valence-corrected chi connectivity index (χ3v) is 4.85. The van der Waals surface area contributed by atoms with Crippen LogP contribution in [0.2, 0.25) is 0 Å². The van der Waals surface area contributed by atoms with Crippen LogP contribution in [0, 0.1) is 11.3 Å². The minimum atomic E-state index is -1.41. The van der Waals surface area contributed by atoms with Crippen molar-refractivity contribution in [3.63, 3.8) is 0 Å². The second kappa shape index (κ2) is 9.02. The van der Waals surface area contributed by atoms with Gasteiger partial charge in [0.1, 0.15) is 24.1 Å². The van der Waals surface area contributed by atoms with Crippen molar-refractivity contribution in [2.45, 2.75) is 37.0 Å². The van der Waals surface area contributed by atoms with Crippen LogP contribution in [0.1, 0.15) is 17.4 Å². The topological polar surface area (TPSA) is 190 Å². The van der Waals surface area contributed by atoms with Gasteiger partial charge in [-0.3, -0.25) is 9.36 Å². The Hall–Kier alpha value is -3.30. The van der Waals surface area contributed by atoms with E-state index in [1.54, 1.807) is 24.3 Å². The van der Waals surface area contributed by atoms with E-state index >= 15 is 0 Å². The number of benzene rings is 1. The average molecular weight is 414 g/mol. The molecule has 11 nitrogen and oxygen atoms in total. The van der Waals surface area contributed by atoms with E-state index in [0.29, 0.717) is 11.1 Å². The van der Waals surface area contributed by atoms with E-state index in [0.717, 1.165) is 4.57 Å². The zero-order chi connectivity index (χ0) is 21.8. The molecular weight excluding hydrogens is 392 g/mol. The molecule has 30 heavy (non-hydrogen) atoms. The van der Waals surface area contributed by atoms with Crippen LogP contribution in [0.3, 0.4) is 0 Å². The summed E-state index contributed by atoms with van der Waals surface area (Å²) in [7, 11) is 0. The molecule has 5 atom stereocenters. The van der Waals surface area contributed by atoms with E-state index in [-0.39, 0.29) is 18.8 Å². The third-order valence-electron chi connectivity index (χ3n) is 4.85. The van der Waals surface area contributed by atoms with Crippen LogP contribution < -0.4 is 22.5 Å². The molecule has 11 heteroatoms. The quantitative estimate of drug-likeness (QED) is 0.356. The predicted molar refractivity (Wildman–Crippen MR) is 105 cm³/mol. The van der Waals surface area contributed by atoms with Crippen molar-refractivity contribution in [1.29, 1.82) is 5.26 Å². The van der Waals surface area contributed by atoms with E-state index in [1.165, 1.54) is 12.3 Å². The Bertz CT molecular complexity index is 1020. The van der Waals surface area contributed by atoms with Crippen molar-refractivity contribution >= 4 is 11.7 Å². The highest BCUT2D eigenvalue weighted by atomic mass is 16.6. The van der Waals surface area contributed by atoms with E-state index < -0.39 is 42.2 Å². The highest BCUT2D eigenvalue weighted by molar-refractivity contribution is 5.81. The maximum atomic E-state index is 12.3. The van der Waals surface area contributed by atoms with Crippen LogP contribution >= 0.6 is 0 Å². The van der Waals surface area contributed by atoms with E-state index in [4.69, 9.17) is 21.5 Å². The lowest BCUT2D eigenvalue weighted by Crippen LogP contribution is -2.46. The molecule has 1 aromatic carbocycles. The third kappa shape index (κ3) is 4.47. The minimum absolute atomic E-state index is 0.0139. The molecule has 2 aromatic rings. The molecule has 2 heterocycles. The fourth-order valence-electron chi connectivity index (χ4n) is 3.22. The molecule has 158 valence electrons. The Morgan fingerprint density at radius 1 is 1.33 bits per heavy atom. The van der Waals surface area contributed by atoms with Crippen molar-refractivity contribution in [1.82, 2.24) is 14.9 Å². The van der Waals surface area contributed by atoms with Gasteiger partial charge in [-0.1, -0.05) is 18.2 Å². The molecular formula is C19H22N6O5. The van der Waals surface area contributed by atoms with Crippen LogP contribution in [0.15, 0.2) is 41.3 Å². The Kier molecular flexibility index (Phi) is 6.43.